The molecule has 1 rings (SSSR count). The summed E-state index contributed by atoms with van der Waals surface area (Å²) in [5.74, 6) is 0. The second-order valence-electron chi connectivity index (χ2n) is 6.29. The van der Waals surface area contributed by atoms with E-state index >= 15 is 0 Å². The van der Waals surface area contributed by atoms with Crippen LogP contribution in [0.3, 0.4) is 0 Å². The molecule has 4 nitrogen and oxygen atoms in total. The van der Waals surface area contributed by atoms with Crippen LogP contribution in [0.25, 0.3) is 0 Å². The first-order valence-corrected chi connectivity index (χ1v) is 8.75. The molecule has 0 aromatic carbocycles. The first-order chi connectivity index (χ1) is 8.26. The molecule has 0 amide bonds. The Bertz CT molecular complexity index is 351. The molecular weight excluding hydrogens is 250 g/mol. The summed E-state index contributed by atoms with van der Waals surface area (Å²) < 4.78 is 23.2. The SMILES string of the molecule is CC(C)(CO)CCCNC1CCCC1S(C)(=O)=O. The van der Waals surface area contributed by atoms with Crippen molar-refractivity contribution in [3.8, 4) is 0 Å². The van der Waals surface area contributed by atoms with Gasteiger partial charge in [-0.2, -0.15) is 0 Å². The molecule has 1 aliphatic rings. The van der Waals surface area contributed by atoms with Crippen molar-refractivity contribution >= 4 is 9.84 Å². The molecule has 0 saturated heterocycles. The van der Waals surface area contributed by atoms with Gasteiger partial charge in [-0.05, 0) is 37.6 Å². The molecule has 0 aliphatic heterocycles. The first kappa shape index (κ1) is 15.9. The molecule has 2 unspecified atom stereocenters. The number of hydrogen-bond donors (Lipinski definition) is 2. The zero-order valence-corrected chi connectivity index (χ0v) is 12.6. The zero-order valence-electron chi connectivity index (χ0n) is 11.8. The van der Waals surface area contributed by atoms with Crippen LogP contribution in [0.5, 0.6) is 0 Å². The highest BCUT2D eigenvalue weighted by Crippen LogP contribution is 2.25. The van der Waals surface area contributed by atoms with Gasteiger partial charge in [-0.3, -0.25) is 0 Å². The molecule has 0 aromatic heterocycles. The quantitative estimate of drug-likeness (QED) is 0.689. The number of rotatable bonds is 7. The second kappa shape index (κ2) is 6.35. The number of sulfone groups is 1. The Morgan fingerprint density at radius 3 is 2.56 bits per heavy atom. The van der Waals surface area contributed by atoms with E-state index in [1.165, 1.54) is 6.26 Å². The molecule has 0 radical (unpaired) electrons. The lowest BCUT2D eigenvalue weighted by Crippen LogP contribution is -2.40. The molecule has 108 valence electrons. The maximum atomic E-state index is 11.6. The van der Waals surface area contributed by atoms with Gasteiger partial charge in [-0.1, -0.05) is 20.3 Å². The normalized spacial score (nSPS) is 25.6. The van der Waals surface area contributed by atoms with Gasteiger partial charge in [0.2, 0.25) is 0 Å². The summed E-state index contributed by atoms with van der Waals surface area (Å²) >= 11 is 0. The van der Waals surface area contributed by atoms with Crippen LogP contribution in [0.2, 0.25) is 0 Å². The molecule has 0 spiro atoms. The smallest absolute Gasteiger partial charge is 0.151 e. The Hall–Kier alpha value is -0.130. The van der Waals surface area contributed by atoms with Crippen molar-refractivity contribution < 1.29 is 13.5 Å². The van der Waals surface area contributed by atoms with Gasteiger partial charge >= 0.3 is 0 Å². The lowest BCUT2D eigenvalue weighted by atomic mass is 9.89. The van der Waals surface area contributed by atoms with E-state index in [0.717, 1.165) is 38.6 Å². The van der Waals surface area contributed by atoms with Gasteiger partial charge in [0, 0.05) is 18.9 Å². The van der Waals surface area contributed by atoms with Crippen LogP contribution in [0.4, 0.5) is 0 Å². The van der Waals surface area contributed by atoms with Crippen LogP contribution in [0, 0.1) is 5.41 Å². The lowest BCUT2D eigenvalue weighted by Gasteiger charge is -2.23. The van der Waals surface area contributed by atoms with E-state index in [-0.39, 0.29) is 23.3 Å². The van der Waals surface area contributed by atoms with Crippen molar-refractivity contribution in [2.75, 3.05) is 19.4 Å². The summed E-state index contributed by atoms with van der Waals surface area (Å²) in [6.45, 7) is 5.12. The largest absolute Gasteiger partial charge is 0.396 e. The standard InChI is InChI=1S/C13H27NO3S/c1-13(2,10-15)8-5-9-14-11-6-4-7-12(11)18(3,16)17/h11-12,14-15H,4-10H2,1-3H3. The average Bonchev–Trinajstić information content (AvgIpc) is 2.72. The second-order valence-corrected chi connectivity index (χ2v) is 8.55. The van der Waals surface area contributed by atoms with Crippen LogP contribution in [0.1, 0.15) is 46.0 Å². The third-order valence-electron chi connectivity index (χ3n) is 3.87. The molecule has 0 heterocycles. The topological polar surface area (TPSA) is 66.4 Å². The third-order valence-corrected chi connectivity index (χ3v) is 5.53. The van der Waals surface area contributed by atoms with E-state index in [4.69, 9.17) is 5.11 Å². The molecule has 0 aromatic rings. The lowest BCUT2D eigenvalue weighted by molar-refractivity contribution is 0.147. The molecular formula is C13H27NO3S. The molecule has 0 bridgehead atoms. The molecule has 5 heteroatoms. The monoisotopic (exact) mass is 277 g/mol. The highest BCUT2D eigenvalue weighted by atomic mass is 32.2. The van der Waals surface area contributed by atoms with E-state index in [1.54, 1.807) is 0 Å². The average molecular weight is 277 g/mol. The summed E-state index contributed by atoms with van der Waals surface area (Å²) in [7, 11) is -2.92. The van der Waals surface area contributed by atoms with Crippen LogP contribution in [0.15, 0.2) is 0 Å². The minimum absolute atomic E-state index is 0.0341. The van der Waals surface area contributed by atoms with E-state index in [1.807, 2.05) is 13.8 Å². The van der Waals surface area contributed by atoms with Crippen molar-refractivity contribution in [1.82, 2.24) is 5.32 Å². The number of hydrogen-bond acceptors (Lipinski definition) is 4. The summed E-state index contributed by atoms with van der Waals surface area (Å²) in [4.78, 5) is 0. The minimum atomic E-state index is -2.92. The fourth-order valence-electron chi connectivity index (χ4n) is 2.61. The maximum absolute atomic E-state index is 11.6. The van der Waals surface area contributed by atoms with Gasteiger partial charge in [0.05, 0.1) is 5.25 Å². The van der Waals surface area contributed by atoms with E-state index in [0.29, 0.717) is 0 Å². The predicted octanol–water partition coefficient (Wildman–Crippen LogP) is 1.34. The Balaban J connectivity index is 2.31. The molecule has 2 atom stereocenters. The van der Waals surface area contributed by atoms with E-state index in [2.05, 4.69) is 5.32 Å². The zero-order chi connectivity index (χ0) is 13.8. The fourth-order valence-corrected chi connectivity index (χ4v) is 4.03. The molecule has 1 saturated carbocycles. The van der Waals surface area contributed by atoms with Gasteiger partial charge in [0.25, 0.3) is 0 Å². The Labute approximate surface area is 111 Å². The highest BCUT2D eigenvalue weighted by Gasteiger charge is 2.34. The summed E-state index contributed by atoms with van der Waals surface area (Å²) in [6.07, 6.45) is 6.01. The summed E-state index contributed by atoms with van der Waals surface area (Å²) in [5, 5.41) is 12.3. The van der Waals surface area contributed by atoms with E-state index in [9.17, 15) is 8.42 Å². The highest BCUT2D eigenvalue weighted by molar-refractivity contribution is 7.91. The Morgan fingerprint density at radius 2 is 2.00 bits per heavy atom. The third kappa shape index (κ3) is 4.86. The van der Waals surface area contributed by atoms with Crippen LogP contribution >= 0.6 is 0 Å². The summed E-state index contributed by atoms with van der Waals surface area (Å²) in [5.41, 5.74) is -0.0341. The number of aliphatic hydroxyl groups is 1. The van der Waals surface area contributed by atoms with Gasteiger partial charge in [-0.15, -0.1) is 0 Å². The molecule has 1 aliphatic carbocycles. The van der Waals surface area contributed by atoms with Gasteiger partial charge in [-0.25, -0.2) is 8.42 Å². The Kier molecular flexibility index (Phi) is 5.62. The predicted molar refractivity (Wildman–Crippen MR) is 74.4 cm³/mol. The Morgan fingerprint density at radius 1 is 1.33 bits per heavy atom. The molecule has 1 fully saturated rings. The van der Waals surface area contributed by atoms with Crippen molar-refractivity contribution in [1.29, 1.82) is 0 Å². The van der Waals surface area contributed by atoms with E-state index < -0.39 is 9.84 Å². The van der Waals surface area contributed by atoms with Gasteiger partial charge in [0.1, 0.15) is 0 Å². The first-order valence-electron chi connectivity index (χ1n) is 6.79. The maximum Gasteiger partial charge on any atom is 0.151 e. The van der Waals surface area contributed by atoms with Crippen LogP contribution in [-0.4, -0.2) is 44.2 Å². The molecule has 2 N–H and O–H groups in total. The van der Waals surface area contributed by atoms with Crippen molar-refractivity contribution in [2.24, 2.45) is 5.41 Å². The summed E-state index contributed by atoms with van der Waals surface area (Å²) in [6, 6.07) is 0.122. The fraction of sp³-hybridized carbons (Fsp3) is 1.00. The number of aliphatic hydroxyl groups excluding tert-OH is 1. The molecule has 18 heavy (non-hydrogen) atoms. The van der Waals surface area contributed by atoms with Gasteiger partial charge in [0.15, 0.2) is 9.84 Å². The van der Waals surface area contributed by atoms with Crippen molar-refractivity contribution in [3.05, 3.63) is 0 Å². The van der Waals surface area contributed by atoms with Crippen LogP contribution < -0.4 is 5.32 Å². The van der Waals surface area contributed by atoms with Crippen molar-refractivity contribution in [2.45, 2.75) is 57.2 Å². The number of nitrogens with one attached hydrogen (secondary N) is 1. The van der Waals surface area contributed by atoms with Gasteiger partial charge < -0.3 is 10.4 Å². The van der Waals surface area contributed by atoms with Crippen molar-refractivity contribution in [3.63, 3.8) is 0 Å². The van der Waals surface area contributed by atoms with Crippen LogP contribution in [-0.2, 0) is 9.84 Å². The minimum Gasteiger partial charge on any atom is -0.396 e.